The molecular formula is C14H18N2O. The van der Waals surface area contributed by atoms with Crippen LogP contribution in [0.3, 0.4) is 0 Å². The molecule has 0 aliphatic carbocycles. The first-order chi connectivity index (χ1) is 8.09. The van der Waals surface area contributed by atoms with Crippen molar-refractivity contribution >= 4 is 0 Å². The number of hydrogen-bond acceptors (Lipinski definition) is 2. The molecule has 0 radical (unpaired) electrons. The highest BCUT2D eigenvalue weighted by atomic mass is 16.3. The van der Waals surface area contributed by atoms with Gasteiger partial charge in [0.05, 0.1) is 0 Å². The average Bonchev–Trinajstić information content (AvgIpc) is 2.74. The minimum absolute atomic E-state index is 0.509. The minimum atomic E-state index is -0.656. The van der Waals surface area contributed by atoms with E-state index in [9.17, 15) is 5.11 Å². The summed E-state index contributed by atoms with van der Waals surface area (Å²) >= 11 is 0. The Balaban J connectivity index is 2.26. The van der Waals surface area contributed by atoms with Crippen molar-refractivity contribution in [2.75, 3.05) is 0 Å². The average molecular weight is 230 g/mol. The summed E-state index contributed by atoms with van der Waals surface area (Å²) in [5.41, 5.74) is 2.16. The molecule has 0 unspecified atom stereocenters. The van der Waals surface area contributed by atoms with E-state index in [-0.39, 0.29) is 0 Å². The Morgan fingerprint density at radius 3 is 2.18 bits per heavy atom. The molecule has 3 nitrogen and oxygen atoms in total. The molecule has 1 atom stereocenters. The van der Waals surface area contributed by atoms with Crippen LogP contribution in [0, 0.1) is 0 Å². The van der Waals surface area contributed by atoms with Gasteiger partial charge in [0, 0.05) is 19.4 Å². The fraction of sp³-hybridized carbons (Fsp3) is 0.357. The van der Waals surface area contributed by atoms with Gasteiger partial charge in [0.15, 0.2) is 0 Å². The number of imidazole rings is 1. The van der Waals surface area contributed by atoms with E-state index >= 15 is 0 Å². The Bertz CT molecular complexity index is 485. The molecule has 2 aromatic rings. The van der Waals surface area contributed by atoms with Gasteiger partial charge in [-0.3, -0.25) is 0 Å². The molecule has 1 aromatic heterocycles. The van der Waals surface area contributed by atoms with Crippen LogP contribution in [0.1, 0.15) is 42.8 Å². The summed E-state index contributed by atoms with van der Waals surface area (Å²) in [4.78, 5) is 4.16. The molecule has 0 amide bonds. The van der Waals surface area contributed by atoms with Crippen molar-refractivity contribution in [3.63, 3.8) is 0 Å². The molecule has 2 rings (SSSR count). The van der Waals surface area contributed by atoms with Gasteiger partial charge in [-0.25, -0.2) is 4.98 Å². The van der Waals surface area contributed by atoms with Crippen molar-refractivity contribution < 1.29 is 5.11 Å². The van der Waals surface area contributed by atoms with Gasteiger partial charge in [0.25, 0.3) is 0 Å². The largest absolute Gasteiger partial charge is 0.380 e. The van der Waals surface area contributed by atoms with Crippen molar-refractivity contribution in [1.82, 2.24) is 9.55 Å². The Hall–Kier alpha value is -1.61. The van der Waals surface area contributed by atoms with Crippen LogP contribution < -0.4 is 0 Å². The number of aryl methyl sites for hydroxylation is 1. The molecule has 17 heavy (non-hydrogen) atoms. The summed E-state index contributed by atoms with van der Waals surface area (Å²) < 4.78 is 1.83. The van der Waals surface area contributed by atoms with Crippen molar-refractivity contribution in [2.45, 2.75) is 25.9 Å². The highest BCUT2D eigenvalue weighted by molar-refractivity contribution is 5.28. The molecule has 0 aliphatic rings. The van der Waals surface area contributed by atoms with Gasteiger partial charge >= 0.3 is 0 Å². The molecular weight excluding hydrogens is 212 g/mol. The smallest absolute Gasteiger partial charge is 0.142 e. The quantitative estimate of drug-likeness (QED) is 0.880. The molecule has 0 aliphatic heterocycles. The molecule has 0 spiro atoms. The number of aromatic nitrogens is 2. The fourth-order valence-corrected chi connectivity index (χ4v) is 1.85. The Morgan fingerprint density at radius 1 is 1.12 bits per heavy atom. The number of hydrogen-bond donors (Lipinski definition) is 1. The number of aliphatic hydroxyl groups excluding tert-OH is 1. The summed E-state index contributed by atoms with van der Waals surface area (Å²) in [5, 5.41) is 10.2. The van der Waals surface area contributed by atoms with Crippen LogP contribution in [-0.2, 0) is 7.05 Å². The lowest BCUT2D eigenvalue weighted by atomic mass is 10.00. The topological polar surface area (TPSA) is 38.1 Å². The second-order valence-electron chi connectivity index (χ2n) is 4.62. The number of nitrogens with zero attached hydrogens (tertiary/aromatic N) is 2. The Kier molecular flexibility index (Phi) is 3.29. The van der Waals surface area contributed by atoms with E-state index in [0.717, 1.165) is 5.56 Å². The van der Waals surface area contributed by atoms with Gasteiger partial charge in [-0.1, -0.05) is 38.1 Å². The van der Waals surface area contributed by atoms with Crippen molar-refractivity contribution in [3.05, 3.63) is 53.6 Å². The zero-order valence-corrected chi connectivity index (χ0v) is 10.5. The van der Waals surface area contributed by atoms with Crippen LogP contribution in [0.2, 0.25) is 0 Å². The maximum absolute atomic E-state index is 10.2. The molecule has 0 saturated heterocycles. The maximum atomic E-state index is 10.2. The second-order valence-corrected chi connectivity index (χ2v) is 4.62. The lowest BCUT2D eigenvalue weighted by Crippen LogP contribution is -2.07. The highest BCUT2D eigenvalue weighted by Crippen LogP contribution is 2.22. The molecule has 90 valence electrons. The number of benzene rings is 1. The van der Waals surface area contributed by atoms with Crippen LogP contribution in [-0.4, -0.2) is 14.7 Å². The standard InChI is InChI=1S/C14H18N2O/c1-10(2)11-4-6-12(7-5-11)13(17)14-15-8-9-16(14)3/h4-10,13,17H,1-3H3/t13-/m1/s1. The molecule has 1 N–H and O–H groups in total. The van der Waals surface area contributed by atoms with Gasteiger partial charge in [0.1, 0.15) is 11.9 Å². The summed E-state index contributed by atoms with van der Waals surface area (Å²) in [7, 11) is 1.88. The monoisotopic (exact) mass is 230 g/mol. The zero-order chi connectivity index (χ0) is 12.4. The summed E-state index contributed by atoms with van der Waals surface area (Å²) in [6.45, 7) is 4.31. The van der Waals surface area contributed by atoms with Crippen LogP contribution in [0.15, 0.2) is 36.7 Å². The van der Waals surface area contributed by atoms with E-state index in [0.29, 0.717) is 11.7 Å². The number of rotatable bonds is 3. The van der Waals surface area contributed by atoms with Crippen LogP contribution in [0.4, 0.5) is 0 Å². The molecule has 1 heterocycles. The van der Waals surface area contributed by atoms with Gasteiger partial charge in [0.2, 0.25) is 0 Å². The first-order valence-electron chi connectivity index (χ1n) is 5.84. The predicted molar refractivity (Wildman–Crippen MR) is 67.8 cm³/mol. The SMILES string of the molecule is CC(C)c1ccc([C@@H](O)c2nccn2C)cc1. The third-order valence-corrected chi connectivity index (χ3v) is 3.02. The van der Waals surface area contributed by atoms with Crippen LogP contribution in [0.25, 0.3) is 0 Å². The van der Waals surface area contributed by atoms with Crippen molar-refractivity contribution in [3.8, 4) is 0 Å². The molecule has 0 bridgehead atoms. The van der Waals surface area contributed by atoms with Gasteiger partial charge in [-0.2, -0.15) is 0 Å². The van der Waals surface area contributed by atoms with E-state index in [1.165, 1.54) is 5.56 Å². The van der Waals surface area contributed by atoms with Crippen molar-refractivity contribution in [1.29, 1.82) is 0 Å². The maximum Gasteiger partial charge on any atom is 0.142 e. The van der Waals surface area contributed by atoms with E-state index < -0.39 is 6.10 Å². The van der Waals surface area contributed by atoms with E-state index in [1.54, 1.807) is 6.20 Å². The highest BCUT2D eigenvalue weighted by Gasteiger charge is 2.14. The van der Waals surface area contributed by atoms with E-state index in [2.05, 4.69) is 31.0 Å². The summed E-state index contributed by atoms with van der Waals surface area (Å²) in [5.74, 6) is 1.18. The molecule has 1 aromatic carbocycles. The zero-order valence-electron chi connectivity index (χ0n) is 10.5. The lowest BCUT2D eigenvalue weighted by molar-refractivity contribution is 0.206. The van der Waals surface area contributed by atoms with Gasteiger partial charge in [-0.05, 0) is 17.0 Å². The first-order valence-corrected chi connectivity index (χ1v) is 5.84. The number of aliphatic hydroxyl groups is 1. The predicted octanol–water partition coefficient (Wildman–Crippen LogP) is 2.63. The van der Waals surface area contributed by atoms with Gasteiger partial charge in [-0.15, -0.1) is 0 Å². The molecule has 0 fully saturated rings. The third-order valence-electron chi connectivity index (χ3n) is 3.02. The molecule has 3 heteroatoms. The van der Waals surface area contributed by atoms with Gasteiger partial charge < -0.3 is 9.67 Å². The summed E-state index contributed by atoms with van der Waals surface area (Å²) in [6.07, 6.45) is 2.87. The second kappa shape index (κ2) is 4.72. The minimum Gasteiger partial charge on any atom is -0.380 e. The van der Waals surface area contributed by atoms with E-state index in [1.807, 2.05) is 29.9 Å². The van der Waals surface area contributed by atoms with E-state index in [4.69, 9.17) is 0 Å². The summed E-state index contributed by atoms with van der Waals surface area (Å²) in [6, 6.07) is 8.06. The molecule has 0 saturated carbocycles. The normalized spacial score (nSPS) is 13.0. The lowest BCUT2D eigenvalue weighted by Gasteiger charge is -2.12. The van der Waals surface area contributed by atoms with Crippen LogP contribution in [0.5, 0.6) is 0 Å². The third kappa shape index (κ3) is 2.39. The Morgan fingerprint density at radius 2 is 1.71 bits per heavy atom. The van der Waals surface area contributed by atoms with Crippen molar-refractivity contribution in [2.24, 2.45) is 7.05 Å². The van der Waals surface area contributed by atoms with Crippen LogP contribution >= 0.6 is 0 Å². The fourth-order valence-electron chi connectivity index (χ4n) is 1.85. The first kappa shape index (κ1) is 11.9. The Labute approximate surface area is 102 Å².